The third kappa shape index (κ3) is 4.95. The van der Waals surface area contributed by atoms with Gasteiger partial charge in [-0.1, -0.05) is 56.0 Å². The summed E-state index contributed by atoms with van der Waals surface area (Å²) in [5.74, 6) is 0.110. The summed E-state index contributed by atoms with van der Waals surface area (Å²) in [4.78, 5) is 44.8. The number of amides is 2. The van der Waals surface area contributed by atoms with Gasteiger partial charge in [-0.2, -0.15) is 0 Å². The number of anilines is 1. The maximum Gasteiger partial charge on any atom is 0.409 e. The molecule has 3 heterocycles. The van der Waals surface area contributed by atoms with Crippen molar-refractivity contribution in [3.05, 3.63) is 45.1 Å². The van der Waals surface area contributed by atoms with Gasteiger partial charge in [-0.25, -0.2) is 4.79 Å². The first-order valence-electron chi connectivity index (χ1n) is 11.8. The van der Waals surface area contributed by atoms with Crippen LogP contribution in [0.3, 0.4) is 0 Å². The lowest BCUT2D eigenvalue weighted by Crippen LogP contribution is -2.49. The molecule has 0 radical (unpaired) electrons. The zero-order valence-electron chi connectivity index (χ0n) is 20.4. The van der Waals surface area contributed by atoms with Crippen LogP contribution in [0.4, 0.5) is 10.5 Å². The number of fused-ring (bicyclic) bond motifs is 1. The van der Waals surface area contributed by atoms with E-state index >= 15 is 0 Å². The molecule has 10 heteroatoms. The highest BCUT2D eigenvalue weighted by atomic mass is 32.2. The van der Waals surface area contributed by atoms with Crippen LogP contribution in [0.25, 0.3) is 17.0 Å². The molecular weight excluding hydrogens is 484 g/mol. The molecule has 2 aliphatic heterocycles. The van der Waals surface area contributed by atoms with E-state index in [1.165, 1.54) is 11.8 Å². The first kappa shape index (κ1) is 25.2. The van der Waals surface area contributed by atoms with Crippen LogP contribution >= 0.6 is 24.0 Å². The molecule has 35 heavy (non-hydrogen) atoms. The second-order valence-corrected chi connectivity index (χ2v) is 10.7. The number of rotatable bonds is 5. The summed E-state index contributed by atoms with van der Waals surface area (Å²) in [5.41, 5.74) is 1.87. The monoisotopic (exact) mass is 514 g/mol. The lowest BCUT2D eigenvalue weighted by Gasteiger charge is -2.36. The average molecular weight is 515 g/mol. The van der Waals surface area contributed by atoms with Crippen LogP contribution in [0, 0.1) is 5.92 Å². The third-order valence-electron chi connectivity index (χ3n) is 6.13. The van der Waals surface area contributed by atoms with Gasteiger partial charge in [-0.15, -0.1) is 0 Å². The standard InChI is InChI=1S/C25H30N4O4S2/c1-5-33-24(32)28-12-10-27(11-13-28)21-17-8-6-7-9-19(17)26(4)22(30)18(21)14-20-23(31)29(15-16(2)3)25(34)35-20/h6-9,14,16H,5,10-13,15H2,1-4H3. The fourth-order valence-electron chi connectivity index (χ4n) is 4.45. The second kappa shape index (κ2) is 10.4. The number of carbonyl (C=O) groups excluding carboxylic acids is 2. The van der Waals surface area contributed by atoms with Crippen LogP contribution in [0.15, 0.2) is 34.0 Å². The number of aromatic nitrogens is 1. The van der Waals surface area contributed by atoms with Gasteiger partial charge in [0.05, 0.1) is 28.3 Å². The first-order chi connectivity index (χ1) is 16.7. The molecule has 4 rings (SSSR count). The number of piperazine rings is 1. The summed E-state index contributed by atoms with van der Waals surface area (Å²) >= 11 is 6.70. The van der Waals surface area contributed by atoms with Crippen LogP contribution in [-0.2, 0) is 16.6 Å². The van der Waals surface area contributed by atoms with Gasteiger partial charge in [0.1, 0.15) is 4.32 Å². The third-order valence-corrected chi connectivity index (χ3v) is 7.51. The molecule has 2 aromatic rings. The Bertz CT molecular complexity index is 1260. The number of nitrogens with zero attached hydrogens (tertiary/aromatic N) is 4. The maximum atomic E-state index is 13.6. The Hall–Kier alpha value is -2.85. The van der Waals surface area contributed by atoms with Crippen molar-refractivity contribution in [2.45, 2.75) is 20.8 Å². The smallest absolute Gasteiger partial charge is 0.409 e. The fourth-order valence-corrected chi connectivity index (χ4v) is 5.71. The molecule has 2 fully saturated rings. The van der Waals surface area contributed by atoms with Crippen molar-refractivity contribution in [3.63, 3.8) is 0 Å². The van der Waals surface area contributed by atoms with Gasteiger partial charge in [-0.3, -0.25) is 14.5 Å². The van der Waals surface area contributed by atoms with E-state index in [1.807, 2.05) is 38.1 Å². The molecule has 2 saturated heterocycles. The van der Waals surface area contributed by atoms with Gasteiger partial charge in [0.25, 0.3) is 11.5 Å². The van der Waals surface area contributed by atoms with E-state index in [-0.39, 0.29) is 23.5 Å². The van der Waals surface area contributed by atoms with Crippen molar-refractivity contribution in [2.75, 3.05) is 44.2 Å². The maximum absolute atomic E-state index is 13.6. The number of para-hydroxylation sites is 1. The van der Waals surface area contributed by atoms with E-state index in [4.69, 9.17) is 17.0 Å². The first-order valence-corrected chi connectivity index (χ1v) is 13.0. The van der Waals surface area contributed by atoms with Gasteiger partial charge in [0.2, 0.25) is 0 Å². The molecule has 0 saturated carbocycles. The average Bonchev–Trinajstić information content (AvgIpc) is 3.10. The molecular formula is C25H30N4O4S2. The molecule has 186 valence electrons. The Labute approximate surface area is 214 Å². The van der Waals surface area contributed by atoms with Crippen LogP contribution in [0.1, 0.15) is 26.3 Å². The normalized spacial score (nSPS) is 17.9. The molecule has 0 unspecified atom stereocenters. The van der Waals surface area contributed by atoms with E-state index in [9.17, 15) is 14.4 Å². The van der Waals surface area contributed by atoms with Crippen molar-refractivity contribution in [1.82, 2.24) is 14.4 Å². The van der Waals surface area contributed by atoms with E-state index in [0.717, 1.165) is 16.6 Å². The number of ether oxygens (including phenoxy) is 1. The number of hydrogen-bond acceptors (Lipinski definition) is 7. The van der Waals surface area contributed by atoms with Gasteiger partial charge < -0.3 is 19.1 Å². The van der Waals surface area contributed by atoms with Gasteiger partial charge >= 0.3 is 6.09 Å². The van der Waals surface area contributed by atoms with Crippen LogP contribution in [0.5, 0.6) is 0 Å². The van der Waals surface area contributed by atoms with Crippen molar-refractivity contribution in [1.29, 1.82) is 0 Å². The Morgan fingerprint density at radius 2 is 1.86 bits per heavy atom. The van der Waals surface area contributed by atoms with Crippen molar-refractivity contribution in [2.24, 2.45) is 13.0 Å². The number of pyridine rings is 1. The molecule has 2 aliphatic rings. The highest BCUT2D eigenvalue weighted by molar-refractivity contribution is 8.26. The lowest BCUT2D eigenvalue weighted by atomic mass is 10.1. The minimum atomic E-state index is -0.324. The molecule has 1 aromatic carbocycles. The lowest BCUT2D eigenvalue weighted by molar-refractivity contribution is -0.122. The predicted octanol–water partition coefficient (Wildman–Crippen LogP) is 3.67. The van der Waals surface area contributed by atoms with Gasteiger partial charge in [0, 0.05) is 45.2 Å². The van der Waals surface area contributed by atoms with Crippen molar-refractivity contribution >= 4 is 63.0 Å². The van der Waals surface area contributed by atoms with Crippen molar-refractivity contribution < 1.29 is 14.3 Å². The van der Waals surface area contributed by atoms with Crippen LogP contribution in [0.2, 0.25) is 0 Å². The summed E-state index contributed by atoms with van der Waals surface area (Å²) in [7, 11) is 1.74. The molecule has 0 N–H and O–H groups in total. The topological polar surface area (TPSA) is 75.1 Å². The minimum Gasteiger partial charge on any atom is -0.450 e. The van der Waals surface area contributed by atoms with Gasteiger partial charge in [-0.05, 0) is 25.0 Å². The number of aryl methyl sites for hydroxylation is 1. The highest BCUT2D eigenvalue weighted by Gasteiger charge is 2.33. The molecule has 8 nitrogen and oxygen atoms in total. The largest absolute Gasteiger partial charge is 0.450 e. The van der Waals surface area contributed by atoms with Crippen LogP contribution < -0.4 is 10.5 Å². The minimum absolute atomic E-state index is 0.165. The molecule has 0 bridgehead atoms. The molecule has 0 spiro atoms. The summed E-state index contributed by atoms with van der Waals surface area (Å²) in [5, 5.41) is 0.920. The summed E-state index contributed by atoms with van der Waals surface area (Å²) in [6.45, 7) is 8.80. The second-order valence-electron chi connectivity index (χ2n) is 9.00. The summed E-state index contributed by atoms with van der Waals surface area (Å²) in [6, 6.07) is 7.75. The van der Waals surface area contributed by atoms with Gasteiger partial charge in [0.15, 0.2) is 0 Å². The number of benzene rings is 1. The Kier molecular flexibility index (Phi) is 7.51. The number of thiocarbonyl (C=S) groups is 1. The Morgan fingerprint density at radius 1 is 1.17 bits per heavy atom. The molecule has 0 aliphatic carbocycles. The number of hydrogen-bond donors (Lipinski definition) is 0. The quantitative estimate of drug-likeness (QED) is 0.445. The Balaban J connectivity index is 1.78. The number of carbonyl (C=O) groups is 2. The zero-order valence-corrected chi connectivity index (χ0v) is 22.1. The van der Waals surface area contributed by atoms with E-state index in [0.29, 0.717) is 54.1 Å². The molecule has 2 amide bonds. The van der Waals surface area contributed by atoms with E-state index in [2.05, 4.69) is 4.90 Å². The predicted molar refractivity (Wildman–Crippen MR) is 145 cm³/mol. The fraction of sp³-hybridized carbons (Fsp3) is 0.440. The SMILES string of the molecule is CCOC(=O)N1CCN(c2c(C=C3SC(=S)N(CC(C)C)C3=O)c(=O)n(C)c3ccccc23)CC1. The summed E-state index contributed by atoms with van der Waals surface area (Å²) < 4.78 is 7.28. The van der Waals surface area contributed by atoms with E-state index in [1.54, 1.807) is 34.4 Å². The van der Waals surface area contributed by atoms with Crippen LogP contribution in [-0.4, -0.2) is 70.0 Å². The van der Waals surface area contributed by atoms with E-state index < -0.39 is 0 Å². The molecule has 1 aromatic heterocycles. The number of thioether (sulfide) groups is 1. The summed E-state index contributed by atoms with van der Waals surface area (Å²) in [6.07, 6.45) is 1.37. The Morgan fingerprint density at radius 3 is 2.51 bits per heavy atom. The molecule has 0 atom stereocenters. The van der Waals surface area contributed by atoms with Crippen molar-refractivity contribution in [3.8, 4) is 0 Å². The highest BCUT2D eigenvalue weighted by Crippen LogP contribution is 2.36. The zero-order chi connectivity index (χ0) is 25.3.